The lowest BCUT2D eigenvalue weighted by Crippen LogP contribution is -2.17. The molecule has 0 amide bonds. The number of rotatable bonds is 7. The zero-order valence-electron chi connectivity index (χ0n) is 9.07. The van der Waals surface area contributed by atoms with Gasteiger partial charge in [-0.15, -0.1) is 35.3 Å². The van der Waals surface area contributed by atoms with Crippen LogP contribution in [-0.2, 0) is 0 Å². The molecule has 2 atom stereocenters. The fourth-order valence-corrected chi connectivity index (χ4v) is 9.86. The van der Waals surface area contributed by atoms with Crippen LogP contribution in [0.3, 0.4) is 0 Å². The Morgan fingerprint density at radius 1 is 1.20 bits per heavy atom. The van der Waals surface area contributed by atoms with Crippen LogP contribution in [-0.4, -0.2) is 43.2 Å². The first-order valence-corrected chi connectivity index (χ1v) is 10.7. The predicted octanol–water partition coefficient (Wildman–Crippen LogP) is 4.11. The molecule has 0 aromatic rings. The fourth-order valence-electron chi connectivity index (χ4n) is 1.50. The van der Waals surface area contributed by atoms with E-state index < -0.39 is 0 Å². The minimum Gasteiger partial charge on any atom is -0.161 e. The van der Waals surface area contributed by atoms with E-state index >= 15 is 0 Å². The third kappa shape index (κ3) is 3.87. The zero-order chi connectivity index (χ0) is 10.6. The molecule has 2 fully saturated rings. The van der Waals surface area contributed by atoms with Crippen LogP contribution in [0.4, 0.5) is 0 Å². The highest BCUT2D eigenvalue weighted by atomic mass is 32.2. The second-order valence-corrected chi connectivity index (χ2v) is 10.6. The molecular weight excluding hydrogens is 280 g/mol. The first-order valence-electron chi connectivity index (χ1n) is 5.46. The van der Waals surface area contributed by atoms with Crippen molar-refractivity contribution in [2.75, 3.05) is 34.5 Å². The second kappa shape index (κ2) is 6.62. The topological polar surface area (TPSA) is 0 Å². The number of hydrogen-bond acceptors (Lipinski definition) is 5. The number of thioether (sulfide) groups is 5. The summed E-state index contributed by atoms with van der Waals surface area (Å²) in [7, 11) is 0. The Hall–Kier alpha value is 1.75. The van der Waals surface area contributed by atoms with E-state index in [1.54, 1.807) is 0 Å². The quantitative estimate of drug-likeness (QED) is 0.511. The van der Waals surface area contributed by atoms with E-state index in [4.69, 9.17) is 0 Å². The molecule has 0 N–H and O–H groups in total. The Labute approximate surface area is 115 Å². The average Bonchev–Trinajstić information content (AvgIpc) is 2.98. The molecular formula is C10H18S5. The Morgan fingerprint density at radius 3 is 2.87 bits per heavy atom. The maximum Gasteiger partial charge on any atom is 0.0922 e. The van der Waals surface area contributed by atoms with Crippen molar-refractivity contribution in [1.29, 1.82) is 0 Å². The molecule has 2 saturated heterocycles. The third-order valence-electron chi connectivity index (χ3n) is 2.33. The number of hydrogen-bond donors (Lipinski definition) is 0. The first kappa shape index (κ1) is 13.2. The second-order valence-electron chi connectivity index (χ2n) is 3.65. The van der Waals surface area contributed by atoms with Gasteiger partial charge in [-0.25, -0.2) is 0 Å². The standard InChI is InChI=1S/C10H18S5/c1-2-3-11-4-5-12-8-10-9(15-10)13-6-7-14-10/h9H,2-8H2,1H3. The molecule has 0 aromatic carbocycles. The highest BCUT2D eigenvalue weighted by Crippen LogP contribution is 2.69. The molecule has 0 aromatic heterocycles. The highest BCUT2D eigenvalue weighted by Gasteiger charge is 2.57. The summed E-state index contributed by atoms with van der Waals surface area (Å²) in [5.74, 6) is 8.17. The van der Waals surface area contributed by atoms with Crippen molar-refractivity contribution in [2.24, 2.45) is 0 Å². The molecule has 0 bridgehead atoms. The Bertz CT molecular complexity index is 198. The van der Waals surface area contributed by atoms with Crippen molar-refractivity contribution in [3.63, 3.8) is 0 Å². The van der Waals surface area contributed by atoms with E-state index in [1.165, 1.54) is 40.9 Å². The average molecular weight is 299 g/mol. The van der Waals surface area contributed by atoms with E-state index in [-0.39, 0.29) is 0 Å². The summed E-state index contributed by atoms with van der Waals surface area (Å²) in [6.07, 6.45) is 1.32. The van der Waals surface area contributed by atoms with Gasteiger partial charge in [-0.1, -0.05) is 6.92 Å². The van der Waals surface area contributed by atoms with Crippen LogP contribution in [0, 0.1) is 0 Å². The molecule has 0 aliphatic carbocycles. The van der Waals surface area contributed by atoms with Crippen molar-refractivity contribution in [1.82, 2.24) is 0 Å². The van der Waals surface area contributed by atoms with E-state index in [0.717, 1.165) is 4.58 Å². The van der Waals surface area contributed by atoms with Crippen LogP contribution in [0.1, 0.15) is 13.3 Å². The van der Waals surface area contributed by atoms with Crippen molar-refractivity contribution in [2.45, 2.75) is 22.0 Å². The molecule has 2 aliphatic heterocycles. The molecule has 0 spiro atoms. The lowest BCUT2D eigenvalue weighted by molar-refractivity contribution is 1.10. The van der Waals surface area contributed by atoms with Gasteiger partial charge in [0.15, 0.2) is 0 Å². The number of fused-ring (bicyclic) bond motifs is 1. The lowest BCUT2D eigenvalue weighted by Gasteiger charge is -2.18. The molecule has 0 radical (unpaired) electrons. The summed E-state index contributed by atoms with van der Waals surface area (Å²) >= 11 is 10.9. The Morgan fingerprint density at radius 2 is 2.07 bits per heavy atom. The largest absolute Gasteiger partial charge is 0.161 e. The van der Waals surface area contributed by atoms with Gasteiger partial charge in [0.1, 0.15) is 0 Å². The van der Waals surface area contributed by atoms with Gasteiger partial charge in [-0.2, -0.15) is 23.5 Å². The van der Waals surface area contributed by atoms with Gasteiger partial charge in [0.2, 0.25) is 0 Å². The van der Waals surface area contributed by atoms with Crippen LogP contribution < -0.4 is 0 Å². The van der Waals surface area contributed by atoms with Gasteiger partial charge in [0, 0.05) is 28.8 Å². The maximum absolute atomic E-state index is 2.26. The summed E-state index contributed by atoms with van der Waals surface area (Å²) in [5, 5.41) is 0. The molecule has 15 heavy (non-hydrogen) atoms. The normalized spacial score (nSPS) is 33.8. The lowest BCUT2D eigenvalue weighted by atomic mass is 10.5. The van der Waals surface area contributed by atoms with Crippen LogP contribution in [0.25, 0.3) is 0 Å². The molecule has 5 heteroatoms. The van der Waals surface area contributed by atoms with E-state index in [1.807, 2.05) is 0 Å². The molecule has 2 unspecified atom stereocenters. The van der Waals surface area contributed by atoms with Crippen molar-refractivity contribution in [3.05, 3.63) is 0 Å². The maximum atomic E-state index is 2.26. The predicted molar refractivity (Wildman–Crippen MR) is 84.0 cm³/mol. The monoisotopic (exact) mass is 298 g/mol. The Kier molecular flexibility index (Phi) is 5.82. The van der Waals surface area contributed by atoms with Gasteiger partial charge < -0.3 is 0 Å². The molecule has 2 rings (SSSR count). The van der Waals surface area contributed by atoms with Crippen molar-refractivity contribution >= 4 is 58.8 Å². The SMILES string of the molecule is CCCSCCSCC12SCCSC1S2. The summed E-state index contributed by atoms with van der Waals surface area (Å²) in [5.41, 5.74) is 0. The smallest absolute Gasteiger partial charge is 0.0922 e. The van der Waals surface area contributed by atoms with Crippen molar-refractivity contribution < 1.29 is 0 Å². The molecule has 2 heterocycles. The molecule has 0 saturated carbocycles. The summed E-state index contributed by atoms with van der Waals surface area (Å²) < 4.78 is 1.58. The summed E-state index contributed by atoms with van der Waals surface area (Å²) in [4.78, 5) is 0. The third-order valence-corrected chi connectivity index (χ3v) is 10.9. The van der Waals surface area contributed by atoms with Crippen LogP contribution in [0.5, 0.6) is 0 Å². The Balaban J connectivity index is 1.51. The van der Waals surface area contributed by atoms with E-state index in [2.05, 4.69) is 65.7 Å². The highest BCUT2D eigenvalue weighted by molar-refractivity contribution is 8.35. The zero-order valence-corrected chi connectivity index (χ0v) is 13.2. The van der Waals surface area contributed by atoms with Gasteiger partial charge >= 0.3 is 0 Å². The minimum atomic E-state index is 0.642. The summed E-state index contributed by atoms with van der Waals surface area (Å²) in [6, 6.07) is 0. The summed E-state index contributed by atoms with van der Waals surface area (Å²) in [6.45, 7) is 2.26. The van der Waals surface area contributed by atoms with Crippen LogP contribution >= 0.6 is 58.8 Å². The van der Waals surface area contributed by atoms with Gasteiger partial charge in [0.25, 0.3) is 0 Å². The minimum absolute atomic E-state index is 0.642. The fraction of sp³-hybridized carbons (Fsp3) is 1.00. The first-order chi connectivity index (χ1) is 7.37. The van der Waals surface area contributed by atoms with Crippen molar-refractivity contribution in [3.8, 4) is 0 Å². The van der Waals surface area contributed by atoms with Crippen LogP contribution in [0.2, 0.25) is 0 Å². The van der Waals surface area contributed by atoms with Gasteiger partial charge in [-0.3, -0.25) is 0 Å². The van der Waals surface area contributed by atoms with E-state index in [0.29, 0.717) is 4.08 Å². The van der Waals surface area contributed by atoms with Crippen LogP contribution in [0.15, 0.2) is 0 Å². The van der Waals surface area contributed by atoms with Gasteiger partial charge in [0.05, 0.1) is 8.66 Å². The van der Waals surface area contributed by atoms with E-state index in [9.17, 15) is 0 Å². The van der Waals surface area contributed by atoms with Gasteiger partial charge in [-0.05, 0) is 12.2 Å². The molecule has 0 nitrogen and oxygen atoms in total. The molecule has 2 aliphatic rings. The molecule has 88 valence electrons.